The number of hydrogen-bond acceptors (Lipinski definition) is 3. The van der Waals surface area contributed by atoms with Crippen molar-refractivity contribution in [3.63, 3.8) is 0 Å². The molecule has 2 aromatic rings. The van der Waals surface area contributed by atoms with Gasteiger partial charge in [0.25, 0.3) is 0 Å². The number of hydrogen-bond donors (Lipinski definition) is 2. The van der Waals surface area contributed by atoms with Crippen molar-refractivity contribution in [2.75, 3.05) is 12.4 Å². The van der Waals surface area contributed by atoms with Gasteiger partial charge in [0.05, 0.1) is 6.61 Å². The molecule has 1 aliphatic rings. The fraction of sp³-hybridized carbons (Fsp3) is 0.333. The molecule has 0 aromatic heterocycles. The second kappa shape index (κ2) is 7.12. The van der Waals surface area contributed by atoms with Gasteiger partial charge in [-0.2, -0.15) is 11.8 Å². The van der Waals surface area contributed by atoms with Crippen molar-refractivity contribution in [3.8, 4) is 0 Å². The molecule has 21 heavy (non-hydrogen) atoms. The maximum atomic E-state index is 9.70. The van der Waals surface area contributed by atoms with Gasteiger partial charge in [-0.15, -0.1) is 0 Å². The summed E-state index contributed by atoms with van der Waals surface area (Å²) in [6.07, 6.45) is 0.862. The minimum absolute atomic E-state index is 0.101. The normalized spacial score (nSPS) is 19.0. The molecular weight excluding hydrogens is 278 g/mol. The van der Waals surface area contributed by atoms with Crippen LogP contribution in [0.1, 0.15) is 22.7 Å². The molecular formula is C18H21NOS. The Bertz CT molecular complexity index is 572. The van der Waals surface area contributed by atoms with Crippen LogP contribution in [0, 0.1) is 0 Å². The molecule has 0 spiro atoms. The van der Waals surface area contributed by atoms with Crippen molar-refractivity contribution in [1.29, 1.82) is 0 Å². The topological polar surface area (TPSA) is 32.3 Å². The average Bonchev–Trinajstić information content (AvgIpc) is 2.55. The van der Waals surface area contributed by atoms with E-state index in [2.05, 4.69) is 53.8 Å². The molecule has 2 atom stereocenters. The highest BCUT2D eigenvalue weighted by atomic mass is 32.2. The fourth-order valence-electron chi connectivity index (χ4n) is 2.88. The Kier molecular flexibility index (Phi) is 4.96. The summed E-state index contributed by atoms with van der Waals surface area (Å²) in [6, 6.07) is 19.4. The van der Waals surface area contributed by atoms with Crippen molar-refractivity contribution >= 4 is 11.8 Å². The summed E-state index contributed by atoms with van der Waals surface area (Å²) < 4.78 is 0. The van der Waals surface area contributed by atoms with E-state index in [1.54, 1.807) is 0 Å². The molecule has 3 rings (SSSR count). The average molecular weight is 299 g/mol. The first kappa shape index (κ1) is 14.6. The molecule has 0 amide bonds. The monoisotopic (exact) mass is 299 g/mol. The van der Waals surface area contributed by atoms with Gasteiger partial charge < -0.3 is 10.4 Å². The zero-order chi connectivity index (χ0) is 14.5. The van der Waals surface area contributed by atoms with Crippen molar-refractivity contribution in [2.45, 2.75) is 24.3 Å². The SMILES string of the molecule is OCC(Cc1ccccc1)NC1CSCc2ccccc21. The molecule has 110 valence electrons. The van der Waals surface area contributed by atoms with Crippen LogP contribution in [0.25, 0.3) is 0 Å². The summed E-state index contributed by atoms with van der Waals surface area (Å²) in [5.41, 5.74) is 4.08. The predicted molar refractivity (Wildman–Crippen MR) is 89.5 cm³/mol. The van der Waals surface area contributed by atoms with Gasteiger partial charge in [-0.25, -0.2) is 0 Å². The van der Waals surface area contributed by atoms with Crippen LogP contribution in [0.5, 0.6) is 0 Å². The van der Waals surface area contributed by atoms with E-state index >= 15 is 0 Å². The lowest BCUT2D eigenvalue weighted by atomic mass is 9.99. The van der Waals surface area contributed by atoms with Crippen molar-refractivity contribution in [3.05, 3.63) is 71.3 Å². The first-order valence-corrected chi connectivity index (χ1v) is 8.58. The van der Waals surface area contributed by atoms with Crippen LogP contribution in [-0.4, -0.2) is 23.5 Å². The van der Waals surface area contributed by atoms with Gasteiger partial charge in [-0.3, -0.25) is 0 Å². The minimum Gasteiger partial charge on any atom is -0.395 e. The quantitative estimate of drug-likeness (QED) is 0.889. The summed E-state index contributed by atoms with van der Waals surface area (Å²) in [5.74, 6) is 2.17. The van der Waals surface area contributed by atoms with E-state index in [1.807, 2.05) is 17.8 Å². The number of aliphatic hydroxyl groups excluding tert-OH is 1. The Morgan fingerprint density at radius 1 is 1.10 bits per heavy atom. The predicted octanol–water partition coefficient (Wildman–Crippen LogP) is 3.17. The molecule has 0 saturated carbocycles. The van der Waals surface area contributed by atoms with Gasteiger partial charge in [0, 0.05) is 23.6 Å². The second-order valence-electron chi connectivity index (χ2n) is 5.50. The summed E-state index contributed by atoms with van der Waals surface area (Å²) in [7, 11) is 0. The Balaban J connectivity index is 1.70. The maximum absolute atomic E-state index is 9.70. The van der Waals surface area contributed by atoms with E-state index in [-0.39, 0.29) is 12.6 Å². The van der Waals surface area contributed by atoms with E-state index in [0.717, 1.165) is 17.9 Å². The molecule has 0 radical (unpaired) electrons. The summed E-state index contributed by atoms with van der Waals surface area (Å²) in [6.45, 7) is 0.165. The van der Waals surface area contributed by atoms with Gasteiger partial charge in [-0.1, -0.05) is 54.6 Å². The fourth-order valence-corrected chi connectivity index (χ4v) is 3.99. The highest BCUT2D eigenvalue weighted by Gasteiger charge is 2.22. The lowest BCUT2D eigenvalue weighted by molar-refractivity contribution is 0.233. The zero-order valence-electron chi connectivity index (χ0n) is 12.0. The van der Waals surface area contributed by atoms with Gasteiger partial charge in [0.15, 0.2) is 0 Å². The maximum Gasteiger partial charge on any atom is 0.0588 e. The van der Waals surface area contributed by atoms with Crippen LogP contribution in [0.2, 0.25) is 0 Å². The Morgan fingerprint density at radius 3 is 2.67 bits per heavy atom. The molecule has 0 saturated heterocycles. The molecule has 0 aliphatic carbocycles. The van der Waals surface area contributed by atoms with E-state index < -0.39 is 0 Å². The van der Waals surface area contributed by atoms with Gasteiger partial charge in [0.2, 0.25) is 0 Å². The smallest absolute Gasteiger partial charge is 0.0588 e. The molecule has 3 heteroatoms. The number of thioether (sulfide) groups is 1. The van der Waals surface area contributed by atoms with Crippen molar-refractivity contribution < 1.29 is 5.11 Å². The molecule has 0 fully saturated rings. The van der Waals surface area contributed by atoms with Crippen LogP contribution in [-0.2, 0) is 12.2 Å². The zero-order valence-corrected chi connectivity index (χ0v) is 12.9. The van der Waals surface area contributed by atoms with Crippen LogP contribution in [0.15, 0.2) is 54.6 Å². The van der Waals surface area contributed by atoms with Crippen LogP contribution >= 0.6 is 11.8 Å². The largest absolute Gasteiger partial charge is 0.395 e. The molecule has 2 unspecified atom stereocenters. The first-order valence-electron chi connectivity index (χ1n) is 7.43. The highest BCUT2D eigenvalue weighted by molar-refractivity contribution is 7.98. The second-order valence-corrected chi connectivity index (χ2v) is 6.53. The lowest BCUT2D eigenvalue weighted by Crippen LogP contribution is -2.39. The number of benzene rings is 2. The van der Waals surface area contributed by atoms with E-state index in [9.17, 15) is 5.11 Å². The summed E-state index contributed by atoms with van der Waals surface area (Å²) >= 11 is 1.96. The standard InChI is InChI=1S/C18H21NOS/c20-11-16(10-14-6-2-1-3-7-14)19-18-13-21-12-15-8-4-5-9-17(15)18/h1-9,16,18-20H,10-13H2. The van der Waals surface area contributed by atoms with Gasteiger partial charge >= 0.3 is 0 Å². The Morgan fingerprint density at radius 2 is 1.86 bits per heavy atom. The molecule has 2 N–H and O–H groups in total. The first-order chi connectivity index (χ1) is 10.4. The highest BCUT2D eigenvalue weighted by Crippen LogP contribution is 2.31. The third-order valence-electron chi connectivity index (χ3n) is 3.95. The van der Waals surface area contributed by atoms with E-state index in [0.29, 0.717) is 6.04 Å². The summed E-state index contributed by atoms with van der Waals surface area (Å²) in [4.78, 5) is 0. The number of nitrogens with one attached hydrogen (secondary N) is 1. The van der Waals surface area contributed by atoms with Crippen LogP contribution < -0.4 is 5.32 Å². The number of aliphatic hydroxyl groups is 1. The number of rotatable bonds is 5. The third kappa shape index (κ3) is 3.67. The van der Waals surface area contributed by atoms with Crippen LogP contribution in [0.3, 0.4) is 0 Å². The summed E-state index contributed by atoms with van der Waals surface area (Å²) in [5, 5.41) is 13.3. The molecule has 0 bridgehead atoms. The Labute approximate surface area is 130 Å². The Hall–Kier alpha value is -1.29. The third-order valence-corrected chi connectivity index (χ3v) is 5.04. The van der Waals surface area contributed by atoms with Crippen LogP contribution in [0.4, 0.5) is 0 Å². The number of fused-ring (bicyclic) bond motifs is 1. The van der Waals surface area contributed by atoms with E-state index in [4.69, 9.17) is 0 Å². The van der Waals surface area contributed by atoms with Crippen molar-refractivity contribution in [2.24, 2.45) is 0 Å². The van der Waals surface area contributed by atoms with Crippen molar-refractivity contribution in [1.82, 2.24) is 5.32 Å². The van der Waals surface area contributed by atoms with Gasteiger partial charge in [-0.05, 0) is 23.1 Å². The van der Waals surface area contributed by atoms with E-state index in [1.165, 1.54) is 16.7 Å². The van der Waals surface area contributed by atoms with Gasteiger partial charge in [0.1, 0.15) is 0 Å². The molecule has 1 heterocycles. The molecule has 2 aromatic carbocycles. The molecule has 1 aliphatic heterocycles. The lowest BCUT2D eigenvalue weighted by Gasteiger charge is -2.29. The molecule has 2 nitrogen and oxygen atoms in total. The minimum atomic E-state index is 0.101.